The lowest BCUT2D eigenvalue weighted by Crippen LogP contribution is -2.65. The average molecular weight is 287 g/mol. The highest BCUT2D eigenvalue weighted by atomic mass is 19.4. The Morgan fingerprint density at radius 2 is 1.95 bits per heavy atom. The molecule has 1 saturated carbocycles. The monoisotopic (exact) mass is 287 g/mol. The molecule has 0 heterocycles. The topological polar surface area (TPSA) is 38.3 Å². The van der Waals surface area contributed by atoms with Gasteiger partial charge in [0.05, 0.1) is 13.0 Å². The number of ether oxygens (including phenoxy) is 1. The molecule has 0 aliphatic heterocycles. The maximum atomic E-state index is 13.2. The molecule has 1 aromatic rings. The van der Waals surface area contributed by atoms with Crippen molar-refractivity contribution in [2.75, 3.05) is 7.11 Å². The Bertz CT molecular complexity index is 467. The summed E-state index contributed by atoms with van der Waals surface area (Å²) in [5.41, 5.74) is -1.21. The number of nitrogens with one attached hydrogen (secondary N) is 1. The van der Waals surface area contributed by atoms with Gasteiger partial charge in [-0.2, -0.15) is 13.2 Å². The van der Waals surface area contributed by atoms with Crippen LogP contribution in [0.4, 0.5) is 13.2 Å². The molecule has 20 heavy (non-hydrogen) atoms. The van der Waals surface area contributed by atoms with Crippen LogP contribution in [0.1, 0.15) is 18.4 Å². The second-order valence-corrected chi connectivity index (χ2v) is 5.05. The van der Waals surface area contributed by atoms with Crippen molar-refractivity contribution in [1.29, 1.82) is 0 Å². The summed E-state index contributed by atoms with van der Waals surface area (Å²) in [6, 6.07) is 8.87. The van der Waals surface area contributed by atoms with Crippen LogP contribution in [0.15, 0.2) is 30.3 Å². The van der Waals surface area contributed by atoms with Crippen molar-refractivity contribution < 1.29 is 22.7 Å². The van der Waals surface area contributed by atoms with Crippen LogP contribution < -0.4 is 5.32 Å². The van der Waals surface area contributed by atoms with E-state index in [0.717, 1.165) is 5.56 Å². The summed E-state index contributed by atoms with van der Waals surface area (Å²) in [6.07, 6.45) is -4.92. The number of hydrogen-bond donors (Lipinski definition) is 1. The summed E-state index contributed by atoms with van der Waals surface area (Å²) in [4.78, 5) is 11.3. The van der Waals surface area contributed by atoms with Crippen LogP contribution in [-0.2, 0) is 16.1 Å². The number of carbonyl (C=O) groups excluding carboxylic acids is 1. The Morgan fingerprint density at radius 3 is 2.45 bits per heavy atom. The molecular formula is C14H16F3NO2. The lowest BCUT2D eigenvalue weighted by atomic mass is 9.67. The predicted octanol–water partition coefficient (Wildman–Crippen LogP) is 2.66. The van der Waals surface area contributed by atoms with Gasteiger partial charge in [-0.25, -0.2) is 0 Å². The summed E-state index contributed by atoms with van der Waals surface area (Å²) in [5, 5.41) is 2.57. The Hall–Kier alpha value is -1.56. The molecule has 0 spiro atoms. The molecule has 0 radical (unpaired) electrons. The molecule has 0 unspecified atom stereocenters. The van der Waals surface area contributed by atoms with E-state index in [0.29, 0.717) is 0 Å². The van der Waals surface area contributed by atoms with Crippen molar-refractivity contribution in [3.05, 3.63) is 35.9 Å². The van der Waals surface area contributed by atoms with Crippen LogP contribution in [0.5, 0.6) is 0 Å². The first-order chi connectivity index (χ1) is 9.38. The molecule has 1 aliphatic carbocycles. The average Bonchev–Trinajstić information content (AvgIpc) is 2.36. The van der Waals surface area contributed by atoms with Gasteiger partial charge in [-0.05, 0) is 18.4 Å². The van der Waals surface area contributed by atoms with E-state index in [1.807, 2.05) is 0 Å². The van der Waals surface area contributed by atoms with Crippen molar-refractivity contribution in [2.24, 2.45) is 5.92 Å². The molecule has 6 heteroatoms. The predicted molar refractivity (Wildman–Crippen MR) is 66.8 cm³/mol. The SMILES string of the molecule is COC(=O)C1CC(NCc2ccccc2)(C(F)(F)F)C1. The zero-order valence-corrected chi connectivity index (χ0v) is 11.0. The highest BCUT2D eigenvalue weighted by Gasteiger charge is 2.63. The zero-order valence-electron chi connectivity index (χ0n) is 11.0. The Balaban J connectivity index is 2.02. The number of methoxy groups -OCH3 is 1. The number of alkyl halides is 3. The molecule has 0 bridgehead atoms. The van der Waals surface area contributed by atoms with E-state index in [9.17, 15) is 18.0 Å². The second-order valence-electron chi connectivity index (χ2n) is 5.05. The van der Waals surface area contributed by atoms with Crippen molar-refractivity contribution in [3.63, 3.8) is 0 Å². The van der Waals surface area contributed by atoms with Crippen LogP contribution in [0, 0.1) is 5.92 Å². The molecule has 0 atom stereocenters. The minimum Gasteiger partial charge on any atom is -0.469 e. The summed E-state index contributed by atoms with van der Waals surface area (Å²) >= 11 is 0. The molecule has 2 rings (SSSR count). The van der Waals surface area contributed by atoms with Gasteiger partial charge in [-0.15, -0.1) is 0 Å². The normalized spacial score (nSPS) is 25.9. The van der Waals surface area contributed by atoms with Gasteiger partial charge >= 0.3 is 12.1 Å². The highest BCUT2D eigenvalue weighted by molar-refractivity contribution is 5.74. The molecule has 3 nitrogen and oxygen atoms in total. The molecule has 110 valence electrons. The highest BCUT2D eigenvalue weighted by Crippen LogP contribution is 2.49. The maximum Gasteiger partial charge on any atom is 0.406 e. The largest absolute Gasteiger partial charge is 0.469 e. The molecule has 1 N–H and O–H groups in total. The van der Waals surface area contributed by atoms with Crippen LogP contribution >= 0.6 is 0 Å². The minimum absolute atomic E-state index is 0.119. The Kier molecular flexibility index (Phi) is 4.04. The van der Waals surface area contributed by atoms with Gasteiger partial charge in [0.1, 0.15) is 5.54 Å². The van der Waals surface area contributed by atoms with Crippen molar-refractivity contribution >= 4 is 5.97 Å². The second kappa shape index (κ2) is 5.44. The van der Waals surface area contributed by atoms with E-state index in [4.69, 9.17) is 0 Å². The lowest BCUT2D eigenvalue weighted by Gasteiger charge is -2.47. The standard InChI is InChI=1S/C14H16F3NO2/c1-20-12(19)11-7-13(8-11,14(15,16)17)18-9-10-5-3-2-4-6-10/h2-6,11,18H,7-9H2,1H3. The summed E-state index contributed by atoms with van der Waals surface area (Å²) < 4.78 is 44.0. The van der Waals surface area contributed by atoms with E-state index in [1.165, 1.54) is 7.11 Å². The first-order valence-corrected chi connectivity index (χ1v) is 6.31. The molecule has 0 amide bonds. The first-order valence-electron chi connectivity index (χ1n) is 6.31. The van der Waals surface area contributed by atoms with Crippen LogP contribution in [-0.4, -0.2) is 24.8 Å². The summed E-state index contributed by atoms with van der Waals surface area (Å²) in [7, 11) is 1.19. The number of rotatable bonds is 4. The van der Waals surface area contributed by atoms with Gasteiger partial charge < -0.3 is 4.74 Å². The third kappa shape index (κ3) is 2.80. The molecule has 1 aliphatic rings. The van der Waals surface area contributed by atoms with E-state index < -0.39 is 23.6 Å². The fourth-order valence-electron chi connectivity index (χ4n) is 2.46. The van der Waals surface area contributed by atoms with Crippen molar-refractivity contribution in [3.8, 4) is 0 Å². The first kappa shape index (κ1) is 14.8. The van der Waals surface area contributed by atoms with Crippen molar-refractivity contribution in [2.45, 2.75) is 31.1 Å². The fourth-order valence-corrected chi connectivity index (χ4v) is 2.46. The van der Waals surface area contributed by atoms with E-state index in [-0.39, 0.29) is 19.4 Å². The fraction of sp³-hybridized carbons (Fsp3) is 0.500. The molecule has 0 aromatic heterocycles. The van der Waals surface area contributed by atoms with Gasteiger partial charge in [0, 0.05) is 6.54 Å². The van der Waals surface area contributed by atoms with Gasteiger partial charge in [-0.3, -0.25) is 10.1 Å². The van der Waals surface area contributed by atoms with Crippen LogP contribution in [0.3, 0.4) is 0 Å². The van der Waals surface area contributed by atoms with Gasteiger partial charge in [-0.1, -0.05) is 30.3 Å². The van der Waals surface area contributed by atoms with E-state index in [2.05, 4.69) is 10.1 Å². The minimum atomic E-state index is -4.38. The maximum absolute atomic E-state index is 13.2. The molecule has 1 fully saturated rings. The quantitative estimate of drug-likeness (QED) is 0.865. The number of benzene rings is 1. The number of carbonyl (C=O) groups is 1. The van der Waals surface area contributed by atoms with Gasteiger partial charge in [0.15, 0.2) is 0 Å². The van der Waals surface area contributed by atoms with E-state index in [1.54, 1.807) is 30.3 Å². The van der Waals surface area contributed by atoms with Crippen LogP contribution in [0.25, 0.3) is 0 Å². The third-order valence-corrected chi connectivity index (χ3v) is 3.74. The number of halogens is 3. The third-order valence-electron chi connectivity index (χ3n) is 3.74. The molecule has 0 saturated heterocycles. The number of hydrogen-bond acceptors (Lipinski definition) is 3. The van der Waals surface area contributed by atoms with Gasteiger partial charge in [0.25, 0.3) is 0 Å². The molecular weight excluding hydrogens is 271 g/mol. The Morgan fingerprint density at radius 1 is 1.35 bits per heavy atom. The summed E-state index contributed by atoms with van der Waals surface area (Å²) in [6.45, 7) is 0.119. The molecule has 1 aromatic carbocycles. The van der Waals surface area contributed by atoms with Gasteiger partial charge in [0.2, 0.25) is 0 Å². The number of esters is 1. The smallest absolute Gasteiger partial charge is 0.406 e. The Labute approximate surface area is 115 Å². The summed E-state index contributed by atoms with van der Waals surface area (Å²) in [5.74, 6) is -1.25. The lowest BCUT2D eigenvalue weighted by molar-refractivity contribution is -0.233. The van der Waals surface area contributed by atoms with E-state index >= 15 is 0 Å². The van der Waals surface area contributed by atoms with Crippen molar-refractivity contribution in [1.82, 2.24) is 5.32 Å². The van der Waals surface area contributed by atoms with Crippen LogP contribution in [0.2, 0.25) is 0 Å². The zero-order chi connectivity index (χ0) is 14.8.